The van der Waals surface area contributed by atoms with Gasteiger partial charge in [-0.15, -0.1) is 0 Å². The van der Waals surface area contributed by atoms with Gasteiger partial charge in [-0.1, -0.05) is 175 Å². The summed E-state index contributed by atoms with van der Waals surface area (Å²) in [6.45, 7) is 40.0. The zero-order chi connectivity index (χ0) is 52.7. The van der Waals surface area contributed by atoms with Crippen molar-refractivity contribution in [2.45, 2.75) is 193 Å². The summed E-state index contributed by atoms with van der Waals surface area (Å²) in [5, 5.41) is 4.27. The highest BCUT2D eigenvalue weighted by atomic mass is 15.2. The molecule has 0 saturated heterocycles. The lowest BCUT2D eigenvalue weighted by molar-refractivity contribution is 0.327. The van der Waals surface area contributed by atoms with Gasteiger partial charge in [0.15, 0.2) is 7.28 Å². The number of aryl methyl sites for hydroxylation is 1. The number of hydrogen-bond donors (Lipinski definition) is 1. The highest BCUT2D eigenvalue weighted by molar-refractivity contribution is 6.74. The van der Waals surface area contributed by atoms with Crippen molar-refractivity contribution < 1.29 is 0 Å². The maximum atomic E-state index is 4.27. The fourth-order valence-electron chi connectivity index (χ4n) is 16.9. The topological polar surface area (TPSA) is 15.3 Å². The molecule has 0 spiro atoms. The van der Waals surface area contributed by atoms with Crippen molar-refractivity contribution in [3.63, 3.8) is 0 Å². The molecule has 1 unspecified atom stereocenters. The predicted molar refractivity (Wildman–Crippen MR) is 322 cm³/mol. The van der Waals surface area contributed by atoms with Crippen LogP contribution in [0.1, 0.15) is 209 Å². The molecular formula is C72H79BN2. The van der Waals surface area contributed by atoms with Crippen LogP contribution in [0.4, 0.5) is 28.4 Å². The van der Waals surface area contributed by atoms with Crippen LogP contribution in [0.3, 0.4) is 0 Å². The van der Waals surface area contributed by atoms with E-state index in [1.54, 1.807) is 16.7 Å². The van der Waals surface area contributed by atoms with Gasteiger partial charge in [0.25, 0.3) is 0 Å². The Morgan fingerprint density at radius 3 is 1.64 bits per heavy atom. The van der Waals surface area contributed by atoms with Crippen LogP contribution in [0.15, 0.2) is 103 Å². The smallest absolute Gasteiger partial charge is 0.198 e. The zero-order valence-electron chi connectivity index (χ0n) is 48.2. The fraction of sp³-hybridized carbons (Fsp3) is 0.417. The third kappa shape index (κ3) is 6.11. The van der Waals surface area contributed by atoms with Crippen LogP contribution in [0, 0.1) is 6.92 Å². The van der Waals surface area contributed by atoms with Crippen LogP contribution in [0.2, 0.25) is 0 Å². The molecule has 7 aromatic rings. The van der Waals surface area contributed by atoms with E-state index in [9.17, 15) is 0 Å². The van der Waals surface area contributed by atoms with Gasteiger partial charge < -0.3 is 10.2 Å². The molecule has 0 aromatic heterocycles. The van der Waals surface area contributed by atoms with Gasteiger partial charge in [0.05, 0.1) is 5.69 Å². The molecular weight excluding hydrogens is 904 g/mol. The summed E-state index contributed by atoms with van der Waals surface area (Å²) in [6.07, 6.45) is 7.09. The van der Waals surface area contributed by atoms with E-state index in [1.165, 1.54) is 161 Å². The minimum Gasteiger partial charge on any atom is -0.355 e. The molecule has 0 fully saturated rings. The summed E-state index contributed by atoms with van der Waals surface area (Å²) >= 11 is 0. The maximum Gasteiger partial charge on any atom is 0.198 e. The highest BCUT2D eigenvalue weighted by Gasteiger charge is 2.56. The number of fused-ring (bicyclic) bond motifs is 16. The number of benzene rings is 7. The molecule has 2 nitrogen and oxygen atoms in total. The Hall–Kier alpha value is -5.80. The lowest BCUT2D eigenvalue weighted by Crippen LogP contribution is -2.48. The first-order valence-electron chi connectivity index (χ1n) is 28.9. The van der Waals surface area contributed by atoms with E-state index >= 15 is 0 Å². The molecule has 3 heteroatoms. The first-order valence-corrected chi connectivity index (χ1v) is 28.9. The largest absolute Gasteiger partial charge is 0.355 e. The standard InChI is InChI=1S/C72H79BN2/c1-40-35-54-59(70(12,13)34-33-69(54,10)11)60-62(40)75-63-55(28-27-50-57(63)43-22-18-19-23-47(43)71(50,14)15)73-61-46(37-45-42-21-17-20-24-48(42)72(60,16)58(45)64(61)75)44-38-52-53(68(8,9)32-31-67(52,6)7)39-56(44)74-41-25-26-49-51(36-41)66(4,5)30-29-65(49,2)3/h17-28,35-39,73-74H,29-34H2,1-16H3. The zero-order valence-corrected chi connectivity index (χ0v) is 48.2. The second kappa shape index (κ2) is 14.6. The van der Waals surface area contributed by atoms with Crippen molar-refractivity contribution >= 4 is 46.6 Å². The summed E-state index contributed by atoms with van der Waals surface area (Å²) in [7, 11) is 0.859. The first kappa shape index (κ1) is 47.6. The average Bonchev–Trinajstić information content (AvgIpc) is 3.92. The van der Waals surface area contributed by atoms with Gasteiger partial charge in [0.1, 0.15) is 0 Å². The second-order valence-corrected chi connectivity index (χ2v) is 29.5. The normalized spacial score (nSPS) is 22.7. The summed E-state index contributed by atoms with van der Waals surface area (Å²) < 4.78 is 0. The van der Waals surface area contributed by atoms with Crippen molar-refractivity contribution in [2.75, 3.05) is 10.2 Å². The number of rotatable bonds is 3. The van der Waals surface area contributed by atoms with Crippen LogP contribution >= 0.6 is 0 Å². The Kier molecular flexibility index (Phi) is 9.28. The highest BCUT2D eigenvalue weighted by Crippen LogP contribution is 2.68. The van der Waals surface area contributed by atoms with Crippen molar-refractivity contribution in [1.82, 2.24) is 0 Å². The summed E-state index contributed by atoms with van der Waals surface area (Å²) in [5.74, 6) is 0. The Labute approximate surface area is 450 Å². The van der Waals surface area contributed by atoms with Gasteiger partial charge in [0.2, 0.25) is 0 Å². The monoisotopic (exact) mass is 983 g/mol. The molecule has 1 atom stereocenters. The lowest BCUT2D eigenvalue weighted by Gasteiger charge is -2.52. The average molecular weight is 983 g/mol. The van der Waals surface area contributed by atoms with E-state index in [-0.39, 0.29) is 43.3 Å². The van der Waals surface area contributed by atoms with Crippen LogP contribution in [-0.2, 0) is 43.3 Å². The number of nitrogens with zero attached hydrogens (tertiary/aromatic N) is 1. The molecule has 14 rings (SSSR count). The molecule has 7 aliphatic rings. The van der Waals surface area contributed by atoms with Crippen molar-refractivity contribution in [3.05, 3.63) is 170 Å². The number of anilines is 5. The summed E-state index contributed by atoms with van der Waals surface area (Å²) in [5.41, 5.74) is 35.6. The van der Waals surface area contributed by atoms with Gasteiger partial charge >= 0.3 is 0 Å². The molecule has 0 bridgehead atoms. The Balaban J connectivity index is 1.12. The SMILES string of the molecule is Cc1cc2c(c3c1N1c4c(ccc5c4-c4ccccc4C5(C)C)Bc4c(-c5cc6c(cc5Nc5ccc7c(c5)C(C)(C)CCC7(C)C)C(C)(C)CCC6(C)C)cc5c(c41)C3(C)c1ccccc1-5)C(C)(C)CCC2(C)C. The van der Waals surface area contributed by atoms with Gasteiger partial charge in [-0.2, -0.15) is 0 Å². The van der Waals surface area contributed by atoms with Gasteiger partial charge in [-0.05, 0) is 210 Å². The summed E-state index contributed by atoms with van der Waals surface area (Å²) in [6, 6.07) is 42.0. The molecule has 2 heterocycles. The predicted octanol–water partition coefficient (Wildman–Crippen LogP) is 17.6. The number of hydrogen-bond acceptors (Lipinski definition) is 2. The van der Waals surface area contributed by atoms with Crippen LogP contribution in [0.25, 0.3) is 33.4 Å². The molecule has 1 N–H and O–H groups in total. The van der Waals surface area contributed by atoms with Crippen molar-refractivity contribution in [3.8, 4) is 33.4 Å². The Morgan fingerprint density at radius 1 is 0.400 bits per heavy atom. The molecule has 75 heavy (non-hydrogen) atoms. The van der Waals surface area contributed by atoms with Gasteiger partial charge in [-0.3, -0.25) is 0 Å². The molecule has 7 aromatic carbocycles. The lowest BCUT2D eigenvalue weighted by atomic mass is 9.52. The van der Waals surface area contributed by atoms with Gasteiger partial charge in [0, 0.05) is 44.7 Å². The molecule has 0 amide bonds. The quantitative estimate of drug-likeness (QED) is 0.178. The van der Waals surface area contributed by atoms with Crippen LogP contribution < -0.4 is 21.1 Å². The van der Waals surface area contributed by atoms with E-state index in [4.69, 9.17) is 0 Å². The third-order valence-corrected chi connectivity index (χ3v) is 21.7. The van der Waals surface area contributed by atoms with Gasteiger partial charge in [-0.25, -0.2) is 0 Å². The Morgan fingerprint density at radius 2 is 0.960 bits per heavy atom. The molecule has 2 aliphatic heterocycles. The van der Waals surface area contributed by atoms with E-state index < -0.39 is 0 Å². The molecule has 5 aliphatic carbocycles. The Bertz CT molecular complexity index is 3740. The fourth-order valence-corrected chi connectivity index (χ4v) is 16.9. The summed E-state index contributed by atoms with van der Waals surface area (Å²) in [4.78, 5) is 2.90. The van der Waals surface area contributed by atoms with E-state index in [2.05, 4.69) is 224 Å². The molecule has 0 radical (unpaired) electrons. The van der Waals surface area contributed by atoms with E-state index in [0.29, 0.717) is 0 Å². The maximum absolute atomic E-state index is 4.27. The van der Waals surface area contributed by atoms with Crippen molar-refractivity contribution in [2.24, 2.45) is 0 Å². The molecule has 380 valence electrons. The molecule has 0 saturated carbocycles. The number of nitrogens with one attached hydrogen (secondary N) is 1. The first-order chi connectivity index (χ1) is 35.2. The van der Waals surface area contributed by atoms with Crippen LogP contribution in [-0.4, -0.2) is 7.28 Å². The van der Waals surface area contributed by atoms with Crippen molar-refractivity contribution in [1.29, 1.82) is 0 Å². The van der Waals surface area contributed by atoms with E-state index in [1.807, 2.05) is 0 Å². The second-order valence-electron chi connectivity index (χ2n) is 29.5. The van der Waals surface area contributed by atoms with Crippen LogP contribution in [0.5, 0.6) is 0 Å². The third-order valence-electron chi connectivity index (χ3n) is 21.7. The van der Waals surface area contributed by atoms with E-state index in [0.717, 1.165) is 7.28 Å². The minimum atomic E-state index is -0.375. The minimum absolute atomic E-state index is 0.0125.